The van der Waals surface area contributed by atoms with E-state index >= 15 is 0 Å². The summed E-state index contributed by atoms with van der Waals surface area (Å²) in [5, 5.41) is 11.9. The summed E-state index contributed by atoms with van der Waals surface area (Å²) >= 11 is 0. The number of carbonyl (C=O) groups is 1. The first-order valence-electron chi connectivity index (χ1n) is 7.87. The van der Waals surface area contributed by atoms with Crippen LogP contribution in [0.2, 0.25) is 0 Å². The Bertz CT molecular complexity index is 611. The van der Waals surface area contributed by atoms with Crippen molar-refractivity contribution in [3.63, 3.8) is 0 Å². The first-order chi connectivity index (χ1) is 11.1. The number of rotatable bonds is 7. The van der Waals surface area contributed by atoms with Crippen molar-refractivity contribution < 1.29 is 9.90 Å². The van der Waals surface area contributed by atoms with Crippen LogP contribution in [0, 0.1) is 0 Å². The minimum absolute atomic E-state index is 0.0119. The smallest absolute Gasteiger partial charge is 0.224 e. The van der Waals surface area contributed by atoms with Gasteiger partial charge in [-0.15, -0.1) is 0 Å². The number of amides is 1. The molecule has 0 bridgehead atoms. The molecule has 2 rings (SSSR count). The van der Waals surface area contributed by atoms with Gasteiger partial charge in [0.05, 0.1) is 6.61 Å². The Morgan fingerprint density at radius 3 is 2.39 bits per heavy atom. The lowest BCUT2D eigenvalue weighted by Gasteiger charge is -2.18. The highest BCUT2D eigenvalue weighted by molar-refractivity contribution is 5.91. The largest absolute Gasteiger partial charge is 0.395 e. The molecule has 122 valence electrons. The van der Waals surface area contributed by atoms with Crippen LogP contribution in [0.4, 0.5) is 11.4 Å². The maximum absolute atomic E-state index is 12.2. The molecule has 0 fully saturated rings. The number of likely N-dealkylation sites (N-methyl/N-ethyl adjacent to an activating group) is 1. The maximum Gasteiger partial charge on any atom is 0.224 e. The predicted molar refractivity (Wildman–Crippen MR) is 94.9 cm³/mol. The maximum atomic E-state index is 12.2. The molecule has 23 heavy (non-hydrogen) atoms. The lowest BCUT2D eigenvalue weighted by atomic mass is 9.97. The van der Waals surface area contributed by atoms with Crippen LogP contribution in [0.25, 0.3) is 0 Å². The minimum atomic E-state index is 0.0119. The summed E-state index contributed by atoms with van der Waals surface area (Å²) in [5.74, 6) is 0.198. The van der Waals surface area contributed by atoms with E-state index in [0.29, 0.717) is 13.0 Å². The zero-order valence-corrected chi connectivity index (χ0v) is 13.7. The van der Waals surface area contributed by atoms with Crippen LogP contribution in [-0.2, 0) is 4.79 Å². The quantitative estimate of drug-likeness (QED) is 0.825. The summed E-state index contributed by atoms with van der Waals surface area (Å²) in [5.41, 5.74) is 2.97. The highest BCUT2D eigenvalue weighted by atomic mass is 16.3. The van der Waals surface area contributed by atoms with Crippen molar-refractivity contribution in [2.45, 2.75) is 19.3 Å². The Balaban J connectivity index is 1.90. The number of anilines is 2. The molecule has 4 heteroatoms. The van der Waals surface area contributed by atoms with Crippen LogP contribution in [0.15, 0.2) is 54.6 Å². The van der Waals surface area contributed by atoms with E-state index in [1.54, 1.807) is 0 Å². The van der Waals surface area contributed by atoms with Gasteiger partial charge >= 0.3 is 0 Å². The molecule has 1 atom stereocenters. The van der Waals surface area contributed by atoms with E-state index < -0.39 is 0 Å². The number of hydrogen-bond donors (Lipinski definition) is 2. The van der Waals surface area contributed by atoms with Crippen molar-refractivity contribution in [1.82, 2.24) is 0 Å². The molecule has 0 aliphatic rings. The summed E-state index contributed by atoms with van der Waals surface area (Å²) in [4.78, 5) is 14.1. The third-order valence-corrected chi connectivity index (χ3v) is 3.89. The fourth-order valence-corrected chi connectivity index (χ4v) is 2.47. The fourth-order valence-electron chi connectivity index (χ4n) is 2.47. The Morgan fingerprint density at radius 2 is 1.78 bits per heavy atom. The van der Waals surface area contributed by atoms with Gasteiger partial charge in [-0.2, -0.15) is 0 Å². The van der Waals surface area contributed by atoms with Gasteiger partial charge in [-0.05, 0) is 35.7 Å². The molecule has 4 nitrogen and oxygen atoms in total. The summed E-state index contributed by atoms with van der Waals surface area (Å²) in [6.45, 7) is 2.76. The van der Waals surface area contributed by atoms with Gasteiger partial charge in [0.15, 0.2) is 0 Å². The SMILES string of the molecule is CC(CC(=O)Nc1ccc(N(C)CCO)cc1)c1ccccc1. The van der Waals surface area contributed by atoms with Crippen LogP contribution in [0.3, 0.4) is 0 Å². The molecule has 0 saturated heterocycles. The summed E-state index contributed by atoms with van der Waals surface area (Å²) in [6.07, 6.45) is 0.455. The van der Waals surface area contributed by atoms with Gasteiger partial charge in [0.25, 0.3) is 0 Å². The number of aliphatic hydroxyl groups is 1. The molecule has 0 aliphatic carbocycles. The van der Waals surface area contributed by atoms with E-state index in [1.165, 1.54) is 5.56 Å². The molecular weight excluding hydrogens is 288 g/mol. The van der Waals surface area contributed by atoms with Crippen molar-refractivity contribution in [2.75, 3.05) is 30.4 Å². The van der Waals surface area contributed by atoms with Gasteiger partial charge < -0.3 is 15.3 Å². The lowest BCUT2D eigenvalue weighted by molar-refractivity contribution is -0.116. The van der Waals surface area contributed by atoms with Gasteiger partial charge in [0.2, 0.25) is 5.91 Å². The Labute approximate surface area is 137 Å². The Kier molecular flexibility index (Phi) is 6.18. The van der Waals surface area contributed by atoms with Crippen LogP contribution >= 0.6 is 0 Å². The van der Waals surface area contributed by atoms with E-state index in [-0.39, 0.29) is 18.4 Å². The summed E-state index contributed by atoms with van der Waals surface area (Å²) in [7, 11) is 1.92. The normalized spacial score (nSPS) is 11.8. The van der Waals surface area contributed by atoms with Crippen molar-refractivity contribution in [1.29, 1.82) is 0 Å². The highest BCUT2D eigenvalue weighted by Gasteiger charge is 2.11. The molecule has 0 saturated carbocycles. The number of hydrogen-bond acceptors (Lipinski definition) is 3. The standard InChI is InChI=1S/C19H24N2O2/c1-15(16-6-4-3-5-7-16)14-19(23)20-17-8-10-18(11-9-17)21(2)12-13-22/h3-11,15,22H,12-14H2,1-2H3,(H,20,23). The fraction of sp³-hybridized carbons (Fsp3) is 0.316. The monoisotopic (exact) mass is 312 g/mol. The zero-order valence-electron chi connectivity index (χ0n) is 13.7. The van der Waals surface area contributed by atoms with E-state index in [0.717, 1.165) is 11.4 Å². The van der Waals surface area contributed by atoms with Crippen LogP contribution in [0.5, 0.6) is 0 Å². The van der Waals surface area contributed by atoms with Gasteiger partial charge in [-0.1, -0.05) is 37.3 Å². The van der Waals surface area contributed by atoms with Crippen molar-refractivity contribution in [2.24, 2.45) is 0 Å². The van der Waals surface area contributed by atoms with Gasteiger partial charge in [-0.25, -0.2) is 0 Å². The molecule has 0 aliphatic heterocycles. The predicted octanol–water partition coefficient (Wildman–Crippen LogP) is 3.25. The molecule has 0 aromatic heterocycles. The molecule has 0 spiro atoms. The Morgan fingerprint density at radius 1 is 1.13 bits per heavy atom. The second-order valence-electron chi connectivity index (χ2n) is 5.76. The average molecular weight is 312 g/mol. The van der Waals surface area contributed by atoms with Crippen LogP contribution in [-0.4, -0.2) is 31.2 Å². The van der Waals surface area contributed by atoms with E-state index in [1.807, 2.05) is 66.5 Å². The minimum Gasteiger partial charge on any atom is -0.395 e. The van der Waals surface area contributed by atoms with Crippen molar-refractivity contribution >= 4 is 17.3 Å². The van der Waals surface area contributed by atoms with Gasteiger partial charge in [0.1, 0.15) is 0 Å². The van der Waals surface area contributed by atoms with Crippen molar-refractivity contribution in [3.8, 4) is 0 Å². The molecule has 2 aromatic rings. The first kappa shape index (κ1) is 17.0. The van der Waals surface area contributed by atoms with Gasteiger partial charge in [-0.3, -0.25) is 4.79 Å². The second-order valence-corrected chi connectivity index (χ2v) is 5.76. The molecule has 2 aromatic carbocycles. The van der Waals surface area contributed by atoms with E-state index in [4.69, 9.17) is 5.11 Å². The van der Waals surface area contributed by atoms with Crippen LogP contribution in [0.1, 0.15) is 24.8 Å². The van der Waals surface area contributed by atoms with Crippen molar-refractivity contribution in [3.05, 3.63) is 60.2 Å². The lowest BCUT2D eigenvalue weighted by Crippen LogP contribution is -2.21. The molecule has 2 N–H and O–H groups in total. The number of nitrogens with zero attached hydrogens (tertiary/aromatic N) is 1. The number of aliphatic hydroxyl groups excluding tert-OH is 1. The first-order valence-corrected chi connectivity index (χ1v) is 7.87. The number of carbonyl (C=O) groups excluding carboxylic acids is 1. The second kappa shape index (κ2) is 8.34. The summed E-state index contributed by atoms with van der Waals surface area (Å²) in [6, 6.07) is 17.7. The van der Waals surface area contributed by atoms with Crippen LogP contribution < -0.4 is 10.2 Å². The molecule has 0 heterocycles. The zero-order chi connectivity index (χ0) is 16.7. The average Bonchev–Trinajstić information content (AvgIpc) is 2.56. The van der Waals surface area contributed by atoms with E-state index in [2.05, 4.69) is 12.2 Å². The molecule has 1 unspecified atom stereocenters. The number of benzene rings is 2. The van der Waals surface area contributed by atoms with Gasteiger partial charge in [0, 0.05) is 31.4 Å². The third-order valence-electron chi connectivity index (χ3n) is 3.89. The molecular formula is C19H24N2O2. The molecule has 0 radical (unpaired) electrons. The Hall–Kier alpha value is -2.33. The number of nitrogens with one attached hydrogen (secondary N) is 1. The third kappa shape index (κ3) is 5.11. The topological polar surface area (TPSA) is 52.6 Å². The highest BCUT2D eigenvalue weighted by Crippen LogP contribution is 2.20. The van der Waals surface area contributed by atoms with E-state index in [9.17, 15) is 4.79 Å². The summed E-state index contributed by atoms with van der Waals surface area (Å²) < 4.78 is 0. The molecule has 1 amide bonds.